The first-order chi connectivity index (χ1) is 6.17. The zero-order chi connectivity index (χ0) is 9.90. The number of carboxylic acids is 1. The Balaban J connectivity index is 3.06. The largest absolute Gasteiger partial charge is 0.481 e. The number of nitrogens with two attached hydrogens (primary N) is 1. The van der Waals surface area contributed by atoms with Gasteiger partial charge in [-0.1, -0.05) is 6.42 Å². The Bertz CT molecular complexity index is 268. The van der Waals surface area contributed by atoms with E-state index in [0.717, 1.165) is 12.8 Å². The van der Waals surface area contributed by atoms with Crippen molar-refractivity contribution in [1.29, 1.82) is 0 Å². The first-order valence-electron chi connectivity index (χ1n) is 4.35. The topological polar surface area (TPSA) is 80.4 Å². The summed E-state index contributed by atoms with van der Waals surface area (Å²) in [6, 6.07) is 0. The average Bonchev–Trinajstić information content (AvgIpc) is 2.17. The lowest BCUT2D eigenvalue weighted by Gasteiger charge is -2.32. The van der Waals surface area contributed by atoms with Gasteiger partial charge in [-0.2, -0.15) is 0 Å². The molecule has 13 heavy (non-hydrogen) atoms. The predicted molar refractivity (Wildman–Crippen MR) is 46.8 cm³/mol. The maximum atomic E-state index is 11.0. The molecular formula is C9H13NO3. The van der Waals surface area contributed by atoms with Crippen LogP contribution in [0.1, 0.15) is 25.7 Å². The molecule has 1 aliphatic rings. The van der Waals surface area contributed by atoms with Crippen molar-refractivity contribution in [1.82, 2.24) is 0 Å². The van der Waals surface area contributed by atoms with Gasteiger partial charge < -0.3 is 10.8 Å². The number of rotatable bonds is 2. The molecule has 3 N–H and O–H groups in total. The van der Waals surface area contributed by atoms with Crippen molar-refractivity contribution in [3.8, 4) is 0 Å². The third-order valence-electron chi connectivity index (χ3n) is 2.74. The van der Waals surface area contributed by atoms with Crippen LogP contribution in [-0.2, 0) is 9.59 Å². The SMILES string of the molecule is NCC1(C(=O)O)CCCCC1=C=O. The van der Waals surface area contributed by atoms with Crippen LogP contribution in [0.25, 0.3) is 0 Å². The van der Waals surface area contributed by atoms with E-state index in [2.05, 4.69) is 0 Å². The van der Waals surface area contributed by atoms with Gasteiger partial charge in [0.25, 0.3) is 0 Å². The van der Waals surface area contributed by atoms with Gasteiger partial charge in [0.2, 0.25) is 0 Å². The van der Waals surface area contributed by atoms with Crippen LogP contribution in [0, 0.1) is 5.41 Å². The third-order valence-corrected chi connectivity index (χ3v) is 2.74. The van der Waals surface area contributed by atoms with Gasteiger partial charge >= 0.3 is 5.97 Å². The van der Waals surface area contributed by atoms with Crippen molar-refractivity contribution in [2.75, 3.05) is 6.54 Å². The van der Waals surface area contributed by atoms with Crippen molar-refractivity contribution in [3.63, 3.8) is 0 Å². The van der Waals surface area contributed by atoms with Gasteiger partial charge in [0.15, 0.2) is 0 Å². The van der Waals surface area contributed by atoms with Crippen LogP contribution in [0.2, 0.25) is 0 Å². The van der Waals surface area contributed by atoms with E-state index in [0.29, 0.717) is 18.4 Å². The molecule has 1 saturated carbocycles. The standard InChI is InChI=1S/C9H13NO3/c10-6-9(8(12)13)4-2-1-3-7(9)5-11/h1-4,6,10H2,(H,12,13). The fourth-order valence-corrected chi connectivity index (χ4v) is 1.82. The summed E-state index contributed by atoms with van der Waals surface area (Å²) in [5.74, 6) is 0.740. The van der Waals surface area contributed by atoms with Crippen molar-refractivity contribution in [2.45, 2.75) is 25.7 Å². The van der Waals surface area contributed by atoms with Crippen molar-refractivity contribution in [2.24, 2.45) is 11.1 Å². The molecule has 0 aromatic heterocycles. The molecule has 1 unspecified atom stereocenters. The highest BCUT2D eigenvalue weighted by Gasteiger charge is 2.43. The van der Waals surface area contributed by atoms with Crippen LogP contribution < -0.4 is 5.73 Å². The Morgan fingerprint density at radius 3 is 2.69 bits per heavy atom. The molecule has 1 rings (SSSR count). The lowest BCUT2D eigenvalue weighted by Crippen LogP contribution is -2.42. The second kappa shape index (κ2) is 3.73. The van der Waals surface area contributed by atoms with E-state index in [9.17, 15) is 9.59 Å². The minimum Gasteiger partial charge on any atom is -0.481 e. The highest BCUT2D eigenvalue weighted by molar-refractivity contribution is 5.83. The Morgan fingerprint density at radius 1 is 1.62 bits per heavy atom. The van der Waals surface area contributed by atoms with Gasteiger partial charge in [-0.25, -0.2) is 4.79 Å². The zero-order valence-electron chi connectivity index (χ0n) is 7.38. The van der Waals surface area contributed by atoms with Crippen LogP contribution in [-0.4, -0.2) is 23.6 Å². The van der Waals surface area contributed by atoms with Gasteiger partial charge in [0, 0.05) is 12.1 Å². The molecule has 1 aliphatic carbocycles. The highest BCUT2D eigenvalue weighted by Crippen LogP contribution is 2.38. The molecule has 0 aromatic carbocycles. The molecule has 4 heteroatoms. The summed E-state index contributed by atoms with van der Waals surface area (Å²) < 4.78 is 0. The van der Waals surface area contributed by atoms with E-state index in [1.807, 2.05) is 0 Å². The van der Waals surface area contributed by atoms with Crippen molar-refractivity contribution in [3.05, 3.63) is 5.57 Å². The number of aliphatic carboxylic acids is 1. The molecule has 4 nitrogen and oxygen atoms in total. The average molecular weight is 183 g/mol. The quantitative estimate of drug-likeness (QED) is 0.605. The molecule has 0 aromatic rings. The smallest absolute Gasteiger partial charge is 0.315 e. The zero-order valence-corrected chi connectivity index (χ0v) is 7.38. The molecule has 1 fully saturated rings. The predicted octanol–water partition coefficient (Wildman–Crippen LogP) is 0.348. The number of carbonyl (C=O) groups excluding carboxylic acids is 1. The molecule has 0 aliphatic heterocycles. The maximum Gasteiger partial charge on any atom is 0.315 e. The van der Waals surface area contributed by atoms with Gasteiger partial charge in [-0.3, -0.25) is 4.79 Å². The van der Waals surface area contributed by atoms with E-state index in [-0.39, 0.29) is 6.54 Å². The Kier molecular flexibility index (Phi) is 2.86. The van der Waals surface area contributed by atoms with E-state index < -0.39 is 11.4 Å². The summed E-state index contributed by atoms with van der Waals surface area (Å²) in [5, 5.41) is 9.01. The second-order valence-electron chi connectivity index (χ2n) is 3.38. The molecule has 0 bridgehead atoms. The summed E-state index contributed by atoms with van der Waals surface area (Å²) in [7, 11) is 0. The monoisotopic (exact) mass is 183 g/mol. The van der Waals surface area contributed by atoms with E-state index >= 15 is 0 Å². The molecule has 0 amide bonds. The van der Waals surface area contributed by atoms with Crippen molar-refractivity contribution >= 4 is 11.9 Å². The van der Waals surface area contributed by atoms with Gasteiger partial charge in [0.1, 0.15) is 11.4 Å². The lowest BCUT2D eigenvalue weighted by atomic mass is 9.71. The second-order valence-corrected chi connectivity index (χ2v) is 3.38. The number of hydrogen-bond acceptors (Lipinski definition) is 3. The van der Waals surface area contributed by atoms with Gasteiger partial charge in [0.05, 0.1) is 0 Å². The molecule has 1 atom stereocenters. The van der Waals surface area contributed by atoms with E-state index in [4.69, 9.17) is 10.8 Å². The fourth-order valence-electron chi connectivity index (χ4n) is 1.82. The molecular weight excluding hydrogens is 170 g/mol. The van der Waals surface area contributed by atoms with E-state index in [1.54, 1.807) is 5.94 Å². The van der Waals surface area contributed by atoms with Crippen LogP contribution in [0.15, 0.2) is 5.57 Å². The summed E-state index contributed by atoms with van der Waals surface area (Å²) >= 11 is 0. The van der Waals surface area contributed by atoms with Gasteiger partial charge in [-0.05, 0) is 19.3 Å². The molecule has 0 heterocycles. The first-order valence-corrected chi connectivity index (χ1v) is 4.35. The summed E-state index contributed by atoms with van der Waals surface area (Å²) in [6.07, 6.45) is 2.66. The van der Waals surface area contributed by atoms with Crippen molar-refractivity contribution < 1.29 is 14.7 Å². The molecule has 72 valence electrons. The third kappa shape index (κ3) is 1.50. The van der Waals surface area contributed by atoms with Crippen LogP contribution >= 0.6 is 0 Å². The van der Waals surface area contributed by atoms with Crippen LogP contribution in [0.5, 0.6) is 0 Å². The lowest BCUT2D eigenvalue weighted by molar-refractivity contribution is -0.147. The Labute approximate surface area is 76.4 Å². The Morgan fingerprint density at radius 2 is 2.31 bits per heavy atom. The summed E-state index contributed by atoms with van der Waals surface area (Å²) in [5.41, 5.74) is 4.63. The fraction of sp³-hybridized carbons (Fsp3) is 0.667. The first kappa shape index (κ1) is 9.96. The number of carbonyl (C=O) groups is 1. The summed E-state index contributed by atoms with van der Waals surface area (Å²) in [4.78, 5) is 21.6. The minimum absolute atomic E-state index is 0.00704. The van der Waals surface area contributed by atoms with Crippen LogP contribution in [0.3, 0.4) is 0 Å². The van der Waals surface area contributed by atoms with E-state index in [1.165, 1.54) is 0 Å². The maximum absolute atomic E-state index is 11.0. The molecule has 0 spiro atoms. The Hall–Kier alpha value is -1.12. The number of hydrogen-bond donors (Lipinski definition) is 2. The molecule has 0 radical (unpaired) electrons. The summed E-state index contributed by atoms with van der Waals surface area (Å²) in [6.45, 7) is -0.00704. The highest BCUT2D eigenvalue weighted by atomic mass is 16.4. The minimum atomic E-state index is -1.12. The van der Waals surface area contributed by atoms with Gasteiger partial charge in [-0.15, -0.1) is 0 Å². The number of carboxylic acid groups (broad SMARTS) is 1. The van der Waals surface area contributed by atoms with Crippen LogP contribution in [0.4, 0.5) is 0 Å². The molecule has 0 saturated heterocycles. The normalized spacial score (nSPS) is 28.2.